The average molecular weight is 275 g/mol. The Morgan fingerprint density at radius 1 is 1.41 bits per heavy atom. The maximum Gasteiger partial charge on any atom is 0.129 e. The van der Waals surface area contributed by atoms with Crippen LogP contribution in [0.15, 0.2) is 12.1 Å². The number of nitrogens with zero attached hydrogens (tertiary/aromatic N) is 2. The quantitative estimate of drug-likeness (QED) is 0.776. The molecule has 17 heavy (non-hydrogen) atoms. The van der Waals surface area contributed by atoms with E-state index in [9.17, 15) is 0 Å². The predicted octanol–water partition coefficient (Wildman–Crippen LogP) is 3.00. The molecule has 1 aliphatic rings. The van der Waals surface area contributed by atoms with Gasteiger partial charge in [-0.2, -0.15) is 0 Å². The molecule has 0 bridgehead atoms. The predicted molar refractivity (Wildman–Crippen MR) is 69.6 cm³/mol. The number of halogens is 2. The molecule has 0 spiro atoms. The van der Waals surface area contributed by atoms with E-state index in [1.165, 1.54) is 0 Å². The first-order chi connectivity index (χ1) is 7.99. The Kier molecular flexibility index (Phi) is 3.93. The van der Waals surface area contributed by atoms with Gasteiger partial charge in [0.1, 0.15) is 5.15 Å². The summed E-state index contributed by atoms with van der Waals surface area (Å²) < 4.78 is 5.49. The number of hydrogen-bond donors (Lipinski definition) is 0. The Morgan fingerprint density at radius 2 is 2.18 bits per heavy atom. The van der Waals surface area contributed by atoms with Crippen molar-refractivity contribution >= 4 is 23.2 Å². The van der Waals surface area contributed by atoms with Crippen LogP contribution in [0.4, 0.5) is 0 Å². The second kappa shape index (κ2) is 5.11. The van der Waals surface area contributed by atoms with Crippen molar-refractivity contribution in [2.45, 2.75) is 25.9 Å². The molecule has 2 rings (SSSR count). The number of ether oxygens (including phenoxy) is 1. The van der Waals surface area contributed by atoms with E-state index in [4.69, 9.17) is 27.9 Å². The van der Waals surface area contributed by atoms with Crippen molar-refractivity contribution in [1.82, 2.24) is 9.88 Å². The first-order valence-corrected chi connectivity index (χ1v) is 6.38. The molecule has 0 radical (unpaired) electrons. The second-order valence-corrected chi connectivity index (χ2v) is 5.64. The van der Waals surface area contributed by atoms with E-state index in [0.29, 0.717) is 16.7 Å². The lowest BCUT2D eigenvalue weighted by Crippen LogP contribution is -2.52. The molecular weight excluding hydrogens is 259 g/mol. The molecule has 1 fully saturated rings. The highest BCUT2D eigenvalue weighted by atomic mass is 35.5. The van der Waals surface area contributed by atoms with Crippen LogP contribution in [-0.4, -0.2) is 35.2 Å². The molecular formula is C12H16Cl2N2O. The third-order valence-electron chi connectivity index (χ3n) is 3.04. The standard InChI is InChI=1S/C12H16Cl2N2O/c1-12(2)8-17-6-5-16(12)7-10-9(13)3-4-11(14)15-10/h3-4H,5-8H2,1-2H3. The minimum absolute atomic E-state index is 0.00553. The molecule has 2 heterocycles. The highest BCUT2D eigenvalue weighted by molar-refractivity contribution is 6.32. The number of aromatic nitrogens is 1. The largest absolute Gasteiger partial charge is 0.378 e. The van der Waals surface area contributed by atoms with Gasteiger partial charge < -0.3 is 4.74 Å². The summed E-state index contributed by atoms with van der Waals surface area (Å²) in [6.07, 6.45) is 0. The van der Waals surface area contributed by atoms with Crippen molar-refractivity contribution in [2.24, 2.45) is 0 Å². The van der Waals surface area contributed by atoms with Gasteiger partial charge in [0.2, 0.25) is 0 Å². The van der Waals surface area contributed by atoms with Gasteiger partial charge in [-0.05, 0) is 26.0 Å². The van der Waals surface area contributed by atoms with Gasteiger partial charge in [0.05, 0.1) is 23.9 Å². The maximum absolute atomic E-state index is 6.13. The number of rotatable bonds is 2. The highest BCUT2D eigenvalue weighted by Gasteiger charge is 2.31. The molecule has 0 aromatic carbocycles. The van der Waals surface area contributed by atoms with Crippen LogP contribution in [0.2, 0.25) is 10.2 Å². The van der Waals surface area contributed by atoms with Crippen molar-refractivity contribution in [2.75, 3.05) is 19.8 Å². The molecule has 0 saturated carbocycles. The number of morpholine rings is 1. The lowest BCUT2D eigenvalue weighted by Gasteiger charge is -2.42. The minimum atomic E-state index is 0.00553. The van der Waals surface area contributed by atoms with Crippen LogP contribution in [0.25, 0.3) is 0 Å². The van der Waals surface area contributed by atoms with Crippen LogP contribution < -0.4 is 0 Å². The molecule has 1 saturated heterocycles. The molecule has 0 unspecified atom stereocenters. The smallest absolute Gasteiger partial charge is 0.129 e. The van der Waals surface area contributed by atoms with Crippen molar-refractivity contribution in [3.63, 3.8) is 0 Å². The van der Waals surface area contributed by atoms with Gasteiger partial charge in [0.15, 0.2) is 0 Å². The molecule has 1 aliphatic heterocycles. The van der Waals surface area contributed by atoms with Gasteiger partial charge in [-0.25, -0.2) is 4.98 Å². The summed E-state index contributed by atoms with van der Waals surface area (Å²) in [4.78, 5) is 6.60. The van der Waals surface area contributed by atoms with Gasteiger partial charge in [-0.1, -0.05) is 23.2 Å². The van der Waals surface area contributed by atoms with E-state index in [2.05, 4.69) is 23.7 Å². The summed E-state index contributed by atoms with van der Waals surface area (Å²) in [5.41, 5.74) is 0.833. The maximum atomic E-state index is 6.13. The van der Waals surface area contributed by atoms with Crippen LogP contribution in [0.5, 0.6) is 0 Å². The first-order valence-electron chi connectivity index (χ1n) is 5.63. The Hall–Kier alpha value is -0.350. The Bertz CT molecular complexity index is 409. The highest BCUT2D eigenvalue weighted by Crippen LogP contribution is 2.24. The van der Waals surface area contributed by atoms with Crippen LogP contribution in [0.1, 0.15) is 19.5 Å². The second-order valence-electron chi connectivity index (χ2n) is 4.85. The lowest BCUT2D eigenvalue weighted by atomic mass is 10.0. The molecule has 5 heteroatoms. The molecule has 1 aromatic heterocycles. The average Bonchev–Trinajstić information content (AvgIpc) is 2.26. The van der Waals surface area contributed by atoms with Gasteiger partial charge >= 0.3 is 0 Å². The topological polar surface area (TPSA) is 25.4 Å². The van der Waals surface area contributed by atoms with E-state index in [1.807, 2.05) is 0 Å². The summed E-state index contributed by atoms with van der Waals surface area (Å²) in [5, 5.41) is 1.15. The zero-order valence-corrected chi connectivity index (χ0v) is 11.6. The zero-order chi connectivity index (χ0) is 12.5. The summed E-state index contributed by atoms with van der Waals surface area (Å²) >= 11 is 12.0. The van der Waals surface area contributed by atoms with Crippen molar-refractivity contribution in [3.8, 4) is 0 Å². The lowest BCUT2D eigenvalue weighted by molar-refractivity contribution is -0.0557. The molecule has 0 aliphatic carbocycles. The number of pyridine rings is 1. The van der Waals surface area contributed by atoms with E-state index in [-0.39, 0.29) is 5.54 Å². The monoisotopic (exact) mass is 274 g/mol. The number of hydrogen-bond acceptors (Lipinski definition) is 3. The van der Waals surface area contributed by atoms with Gasteiger partial charge in [-0.3, -0.25) is 4.90 Å². The molecule has 0 amide bonds. The van der Waals surface area contributed by atoms with Crippen LogP contribution in [0.3, 0.4) is 0 Å². The summed E-state index contributed by atoms with van der Waals surface area (Å²) in [7, 11) is 0. The molecule has 1 aromatic rings. The van der Waals surface area contributed by atoms with E-state index < -0.39 is 0 Å². The van der Waals surface area contributed by atoms with Crippen molar-refractivity contribution < 1.29 is 4.74 Å². The molecule has 3 nitrogen and oxygen atoms in total. The van der Waals surface area contributed by atoms with Gasteiger partial charge in [0, 0.05) is 18.6 Å². The van der Waals surface area contributed by atoms with E-state index in [1.54, 1.807) is 12.1 Å². The van der Waals surface area contributed by atoms with Crippen molar-refractivity contribution in [3.05, 3.63) is 28.0 Å². The molecule has 0 N–H and O–H groups in total. The van der Waals surface area contributed by atoms with Crippen LogP contribution >= 0.6 is 23.2 Å². The van der Waals surface area contributed by atoms with Gasteiger partial charge in [0.25, 0.3) is 0 Å². The summed E-state index contributed by atoms with van der Waals surface area (Å²) in [5.74, 6) is 0. The third kappa shape index (κ3) is 3.10. The Morgan fingerprint density at radius 3 is 2.88 bits per heavy atom. The fraction of sp³-hybridized carbons (Fsp3) is 0.583. The van der Waals surface area contributed by atoms with Crippen LogP contribution in [0, 0.1) is 0 Å². The van der Waals surface area contributed by atoms with Crippen LogP contribution in [-0.2, 0) is 11.3 Å². The molecule has 0 atom stereocenters. The van der Waals surface area contributed by atoms with Crippen molar-refractivity contribution in [1.29, 1.82) is 0 Å². The SMILES string of the molecule is CC1(C)COCCN1Cc1nc(Cl)ccc1Cl. The fourth-order valence-corrected chi connectivity index (χ4v) is 2.26. The fourth-order valence-electron chi connectivity index (χ4n) is 1.93. The molecule has 94 valence electrons. The third-order valence-corrected chi connectivity index (χ3v) is 3.60. The summed E-state index contributed by atoms with van der Waals surface area (Å²) in [6.45, 7) is 7.38. The minimum Gasteiger partial charge on any atom is -0.378 e. The van der Waals surface area contributed by atoms with Gasteiger partial charge in [-0.15, -0.1) is 0 Å². The zero-order valence-electron chi connectivity index (χ0n) is 10.0. The summed E-state index contributed by atoms with van der Waals surface area (Å²) in [6, 6.07) is 3.50. The van der Waals surface area contributed by atoms with E-state index >= 15 is 0 Å². The Balaban J connectivity index is 2.16. The Labute approximate surface area is 112 Å². The normalized spacial score (nSPS) is 20.5. The van der Waals surface area contributed by atoms with E-state index in [0.717, 1.165) is 25.5 Å². The first kappa shape index (κ1) is 13.1.